The van der Waals surface area contributed by atoms with Gasteiger partial charge in [-0.1, -0.05) is 29.4 Å². The standard InChI is InChI=1S/C18H15FN2O4/c19-13-5-1-3-11(7-13)14-8-16(25-21-14)18(22)20-9-12-4-2-6-15-17(12)24-10-23-15/h1-7,16H,8-10H2,(H,20,22)/t16-/m1/s1. The molecule has 0 aliphatic carbocycles. The molecule has 1 atom stereocenters. The van der Waals surface area contributed by atoms with Crippen LogP contribution in [-0.2, 0) is 16.2 Å². The molecule has 0 unspecified atom stereocenters. The van der Waals surface area contributed by atoms with Crippen molar-refractivity contribution in [2.75, 3.05) is 6.79 Å². The molecule has 128 valence electrons. The first-order valence-corrected chi connectivity index (χ1v) is 7.84. The smallest absolute Gasteiger partial charge is 0.264 e. The Bertz CT molecular complexity index is 853. The summed E-state index contributed by atoms with van der Waals surface area (Å²) >= 11 is 0. The van der Waals surface area contributed by atoms with Crippen LogP contribution in [0, 0.1) is 5.82 Å². The molecule has 4 rings (SSSR count). The van der Waals surface area contributed by atoms with E-state index in [1.807, 2.05) is 18.2 Å². The third-order valence-corrected chi connectivity index (χ3v) is 4.05. The van der Waals surface area contributed by atoms with Gasteiger partial charge in [-0.15, -0.1) is 0 Å². The van der Waals surface area contributed by atoms with Crippen molar-refractivity contribution in [1.29, 1.82) is 0 Å². The lowest BCUT2D eigenvalue weighted by molar-refractivity contribution is -0.131. The lowest BCUT2D eigenvalue weighted by Gasteiger charge is -2.11. The number of nitrogens with zero attached hydrogens (tertiary/aromatic N) is 1. The number of ether oxygens (including phenoxy) is 2. The van der Waals surface area contributed by atoms with E-state index in [9.17, 15) is 9.18 Å². The number of hydrogen-bond donors (Lipinski definition) is 1. The summed E-state index contributed by atoms with van der Waals surface area (Å²) in [4.78, 5) is 17.5. The van der Waals surface area contributed by atoms with E-state index < -0.39 is 6.10 Å². The van der Waals surface area contributed by atoms with E-state index in [2.05, 4.69) is 10.5 Å². The molecule has 2 heterocycles. The number of carbonyl (C=O) groups excluding carboxylic acids is 1. The number of para-hydroxylation sites is 1. The fourth-order valence-corrected chi connectivity index (χ4v) is 2.78. The lowest BCUT2D eigenvalue weighted by Crippen LogP contribution is -2.34. The highest BCUT2D eigenvalue weighted by Gasteiger charge is 2.29. The highest BCUT2D eigenvalue weighted by molar-refractivity contribution is 6.04. The average Bonchev–Trinajstić information content (AvgIpc) is 3.29. The van der Waals surface area contributed by atoms with Crippen molar-refractivity contribution in [1.82, 2.24) is 5.32 Å². The molecule has 25 heavy (non-hydrogen) atoms. The fraction of sp³-hybridized carbons (Fsp3) is 0.222. The normalized spacial score (nSPS) is 17.8. The minimum atomic E-state index is -0.729. The molecular formula is C18H15FN2O4. The van der Waals surface area contributed by atoms with Crippen LogP contribution in [0.4, 0.5) is 4.39 Å². The Kier molecular flexibility index (Phi) is 3.97. The van der Waals surface area contributed by atoms with Gasteiger partial charge < -0.3 is 19.6 Å². The number of fused-ring (bicyclic) bond motifs is 1. The summed E-state index contributed by atoms with van der Waals surface area (Å²) in [6.45, 7) is 0.470. The summed E-state index contributed by atoms with van der Waals surface area (Å²) in [5.74, 6) is 0.673. The average molecular weight is 342 g/mol. The van der Waals surface area contributed by atoms with Crippen LogP contribution in [0.15, 0.2) is 47.6 Å². The highest BCUT2D eigenvalue weighted by atomic mass is 19.1. The number of hydrogen-bond acceptors (Lipinski definition) is 5. The van der Waals surface area contributed by atoms with Crippen LogP contribution in [0.25, 0.3) is 0 Å². The van der Waals surface area contributed by atoms with Gasteiger partial charge in [0.25, 0.3) is 5.91 Å². The molecule has 2 aromatic rings. The first-order chi connectivity index (χ1) is 12.2. The Labute approximate surface area is 143 Å². The number of benzene rings is 2. The summed E-state index contributed by atoms with van der Waals surface area (Å²) in [5.41, 5.74) is 1.99. The van der Waals surface area contributed by atoms with Gasteiger partial charge in [-0.3, -0.25) is 4.79 Å². The van der Waals surface area contributed by atoms with Crippen molar-refractivity contribution in [3.8, 4) is 11.5 Å². The first kappa shape index (κ1) is 15.4. The van der Waals surface area contributed by atoms with Gasteiger partial charge in [-0.2, -0.15) is 0 Å². The maximum atomic E-state index is 13.3. The van der Waals surface area contributed by atoms with Crippen molar-refractivity contribution in [2.24, 2.45) is 5.16 Å². The van der Waals surface area contributed by atoms with Crippen LogP contribution in [-0.4, -0.2) is 24.5 Å². The Morgan fingerprint density at radius 3 is 3.00 bits per heavy atom. The van der Waals surface area contributed by atoms with Gasteiger partial charge in [0.15, 0.2) is 11.5 Å². The maximum absolute atomic E-state index is 13.3. The van der Waals surface area contributed by atoms with Gasteiger partial charge in [0.1, 0.15) is 5.82 Å². The summed E-state index contributed by atoms with van der Waals surface area (Å²) in [5, 5.41) is 6.71. The molecule has 0 radical (unpaired) electrons. The van der Waals surface area contributed by atoms with E-state index in [-0.39, 0.29) is 18.5 Å². The molecule has 0 saturated carbocycles. The SMILES string of the molecule is O=C(NCc1cccc2c1OCO2)[C@H]1CC(c2cccc(F)c2)=NO1. The minimum Gasteiger partial charge on any atom is -0.454 e. The second kappa shape index (κ2) is 6.43. The summed E-state index contributed by atoms with van der Waals surface area (Å²) in [6.07, 6.45) is -0.436. The number of amides is 1. The van der Waals surface area contributed by atoms with Crippen LogP contribution in [0.3, 0.4) is 0 Å². The van der Waals surface area contributed by atoms with Crippen LogP contribution in [0.2, 0.25) is 0 Å². The van der Waals surface area contributed by atoms with Crippen molar-refractivity contribution in [3.05, 3.63) is 59.4 Å². The van der Waals surface area contributed by atoms with Crippen LogP contribution >= 0.6 is 0 Å². The first-order valence-electron chi connectivity index (χ1n) is 7.84. The van der Waals surface area contributed by atoms with E-state index in [0.717, 1.165) is 5.56 Å². The van der Waals surface area contributed by atoms with E-state index in [4.69, 9.17) is 14.3 Å². The number of nitrogens with one attached hydrogen (secondary N) is 1. The van der Waals surface area contributed by atoms with Crippen LogP contribution < -0.4 is 14.8 Å². The van der Waals surface area contributed by atoms with Crippen molar-refractivity contribution in [3.63, 3.8) is 0 Å². The molecule has 0 spiro atoms. The number of oxime groups is 1. The monoisotopic (exact) mass is 342 g/mol. The van der Waals surface area contributed by atoms with Crippen LogP contribution in [0.1, 0.15) is 17.5 Å². The molecule has 6 nitrogen and oxygen atoms in total. The van der Waals surface area contributed by atoms with Crippen molar-refractivity contribution in [2.45, 2.75) is 19.1 Å². The Hall–Kier alpha value is -3.09. The zero-order valence-corrected chi connectivity index (χ0v) is 13.2. The number of halogens is 1. The second-order valence-corrected chi connectivity index (χ2v) is 5.72. The topological polar surface area (TPSA) is 69.2 Å². The molecule has 2 aromatic carbocycles. The van der Waals surface area contributed by atoms with Gasteiger partial charge >= 0.3 is 0 Å². The molecule has 1 amide bonds. The van der Waals surface area contributed by atoms with Crippen molar-refractivity contribution < 1.29 is 23.5 Å². The number of rotatable bonds is 4. The minimum absolute atomic E-state index is 0.177. The van der Waals surface area contributed by atoms with Crippen molar-refractivity contribution >= 4 is 11.6 Å². The van der Waals surface area contributed by atoms with Gasteiger partial charge in [0, 0.05) is 24.1 Å². The molecule has 2 aliphatic heterocycles. The summed E-state index contributed by atoms with van der Waals surface area (Å²) < 4.78 is 24.0. The molecule has 0 saturated heterocycles. The molecular weight excluding hydrogens is 327 g/mol. The zero-order valence-electron chi connectivity index (χ0n) is 13.2. The maximum Gasteiger partial charge on any atom is 0.264 e. The predicted octanol–water partition coefficient (Wildman–Crippen LogP) is 2.36. The molecule has 7 heteroatoms. The third-order valence-electron chi connectivity index (χ3n) is 4.05. The second-order valence-electron chi connectivity index (χ2n) is 5.72. The number of carbonyl (C=O) groups is 1. The van der Waals surface area contributed by atoms with E-state index in [1.54, 1.807) is 12.1 Å². The third kappa shape index (κ3) is 3.13. The lowest BCUT2D eigenvalue weighted by atomic mass is 10.0. The Morgan fingerprint density at radius 1 is 1.24 bits per heavy atom. The Balaban J connectivity index is 1.37. The quantitative estimate of drug-likeness (QED) is 0.926. The van der Waals surface area contributed by atoms with Gasteiger partial charge in [-0.05, 0) is 18.2 Å². The van der Waals surface area contributed by atoms with Gasteiger partial charge in [0.2, 0.25) is 12.9 Å². The van der Waals surface area contributed by atoms with Crippen LogP contribution in [0.5, 0.6) is 11.5 Å². The van der Waals surface area contributed by atoms with Gasteiger partial charge in [0.05, 0.1) is 5.71 Å². The largest absolute Gasteiger partial charge is 0.454 e. The van der Waals surface area contributed by atoms with E-state index in [1.165, 1.54) is 12.1 Å². The molecule has 0 bridgehead atoms. The van der Waals surface area contributed by atoms with E-state index in [0.29, 0.717) is 35.7 Å². The predicted molar refractivity (Wildman–Crippen MR) is 86.8 cm³/mol. The van der Waals surface area contributed by atoms with Gasteiger partial charge in [-0.25, -0.2) is 4.39 Å². The van der Waals surface area contributed by atoms with E-state index >= 15 is 0 Å². The highest BCUT2D eigenvalue weighted by Crippen LogP contribution is 2.35. The fourth-order valence-electron chi connectivity index (χ4n) is 2.78. The summed E-state index contributed by atoms with van der Waals surface area (Å²) in [6, 6.07) is 11.6. The Morgan fingerprint density at radius 2 is 2.12 bits per heavy atom. The molecule has 0 aromatic heterocycles. The molecule has 1 N–H and O–H groups in total. The molecule has 2 aliphatic rings. The molecule has 0 fully saturated rings. The summed E-state index contributed by atoms with van der Waals surface area (Å²) in [7, 11) is 0. The zero-order chi connectivity index (χ0) is 17.2.